The molecule has 0 radical (unpaired) electrons. The van der Waals surface area contributed by atoms with Gasteiger partial charge in [-0.25, -0.2) is 9.97 Å². The number of aromatic nitrogens is 2. The SMILES string of the molecule is CN(Cc1ccccc1)c1ncc(CO)cn1. The van der Waals surface area contributed by atoms with Crippen molar-refractivity contribution in [2.24, 2.45) is 0 Å². The van der Waals surface area contributed by atoms with Crippen molar-refractivity contribution in [3.05, 3.63) is 53.9 Å². The second-order valence-electron chi connectivity index (χ2n) is 3.89. The normalized spacial score (nSPS) is 10.2. The van der Waals surface area contributed by atoms with E-state index < -0.39 is 0 Å². The van der Waals surface area contributed by atoms with E-state index in [1.54, 1.807) is 12.4 Å². The van der Waals surface area contributed by atoms with Crippen LogP contribution in [0.1, 0.15) is 11.1 Å². The topological polar surface area (TPSA) is 49.2 Å². The molecule has 0 saturated heterocycles. The Bertz CT molecular complexity index is 456. The lowest BCUT2D eigenvalue weighted by Crippen LogP contribution is -2.19. The molecule has 4 nitrogen and oxygen atoms in total. The minimum Gasteiger partial charge on any atom is -0.392 e. The Labute approximate surface area is 101 Å². The molecule has 17 heavy (non-hydrogen) atoms. The predicted molar refractivity (Wildman–Crippen MR) is 66.5 cm³/mol. The second-order valence-corrected chi connectivity index (χ2v) is 3.89. The van der Waals surface area contributed by atoms with Crippen LogP contribution in [-0.2, 0) is 13.2 Å². The first kappa shape index (κ1) is 11.5. The van der Waals surface area contributed by atoms with Gasteiger partial charge in [-0.2, -0.15) is 0 Å². The smallest absolute Gasteiger partial charge is 0.225 e. The van der Waals surface area contributed by atoms with Crippen molar-refractivity contribution in [1.82, 2.24) is 9.97 Å². The van der Waals surface area contributed by atoms with E-state index in [2.05, 4.69) is 22.1 Å². The van der Waals surface area contributed by atoms with Crippen LogP contribution in [-0.4, -0.2) is 22.1 Å². The first-order valence-electron chi connectivity index (χ1n) is 5.46. The minimum absolute atomic E-state index is 0.0251. The highest BCUT2D eigenvalue weighted by molar-refractivity contribution is 5.31. The van der Waals surface area contributed by atoms with Gasteiger partial charge in [0.05, 0.1) is 6.61 Å². The summed E-state index contributed by atoms with van der Waals surface area (Å²) in [5, 5.41) is 8.91. The lowest BCUT2D eigenvalue weighted by molar-refractivity contribution is 0.281. The standard InChI is InChI=1S/C13H15N3O/c1-16(9-11-5-3-2-4-6-11)13-14-7-12(10-17)8-15-13/h2-8,17H,9-10H2,1H3. The van der Waals surface area contributed by atoms with Crippen LogP contribution in [0.5, 0.6) is 0 Å². The molecule has 0 atom stereocenters. The molecule has 1 heterocycles. The van der Waals surface area contributed by atoms with E-state index in [4.69, 9.17) is 5.11 Å². The molecule has 0 unspecified atom stereocenters. The zero-order chi connectivity index (χ0) is 12.1. The Hall–Kier alpha value is -1.94. The maximum Gasteiger partial charge on any atom is 0.225 e. The molecule has 4 heteroatoms. The Morgan fingerprint density at radius 2 is 1.71 bits per heavy atom. The summed E-state index contributed by atoms with van der Waals surface area (Å²) >= 11 is 0. The van der Waals surface area contributed by atoms with Crippen molar-refractivity contribution in [2.45, 2.75) is 13.2 Å². The van der Waals surface area contributed by atoms with Crippen molar-refractivity contribution >= 4 is 5.95 Å². The quantitative estimate of drug-likeness (QED) is 0.865. The molecule has 1 N–H and O–H groups in total. The van der Waals surface area contributed by atoms with Crippen LogP contribution >= 0.6 is 0 Å². The van der Waals surface area contributed by atoms with Crippen molar-refractivity contribution in [3.63, 3.8) is 0 Å². The Morgan fingerprint density at radius 3 is 2.29 bits per heavy atom. The van der Waals surface area contributed by atoms with Gasteiger partial charge < -0.3 is 10.0 Å². The number of hydrogen-bond acceptors (Lipinski definition) is 4. The molecule has 88 valence electrons. The number of aliphatic hydroxyl groups excluding tert-OH is 1. The highest BCUT2D eigenvalue weighted by Gasteiger charge is 2.04. The number of nitrogens with zero attached hydrogens (tertiary/aromatic N) is 3. The van der Waals surface area contributed by atoms with E-state index in [0.717, 1.165) is 12.1 Å². The third kappa shape index (κ3) is 3.01. The fourth-order valence-corrected chi connectivity index (χ4v) is 1.55. The van der Waals surface area contributed by atoms with Crippen LogP contribution < -0.4 is 4.90 Å². The second kappa shape index (κ2) is 5.41. The van der Waals surface area contributed by atoms with Crippen LogP contribution in [0.2, 0.25) is 0 Å². The zero-order valence-corrected chi connectivity index (χ0v) is 9.74. The van der Waals surface area contributed by atoms with Crippen LogP contribution in [0.4, 0.5) is 5.95 Å². The fourth-order valence-electron chi connectivity index (χ4n) is 1.55. The van der Waals surface area contributed by atoms with Gasteiger partial charge in [0, 0.05) is 31.5 Å². The summed E-state index contributed by atoms with van der Waals surface area (Å²) in [4.78, 5) is 10.4. The Kier molecular flexibility index (Phi) is 3.67. The highest BCUT2D eigenvalue weighted by atomic mass is 16.3. The molecule has 2 rings (SSSR count). The van der Waals surface area contributed by atoms with Gasteiger partial charge in [0.2, 0.25) is 5.95 Å². The van der Waals surface area contributed by atoms with E-state index in [0.29, 0.717) is 5.95 Å². The zero-order valence-electron chi connectivity index (χ0n) is 9.74. The molecule has 1 aromatic heterocycles. The van der Waals surface area contributed by atoms with Crippen molar-refractivity contribution in [1.29, 1.82) is 0 Å². The predicted octanol–water partition coefficient (Wildman–Crippen LogP) is 1.61. The number of rotatable bonds is 4. The summed E-state index contributed by atoms with van der Waals surface area (Å²) in [6, 6.07) is 10.2. The molecular formula is C13H15N3O. The van der Waals surface area contributed by atoms with Crippen LogP contribution in [0.25, 0.3) is 0 Å². The molecule has 0 fully saturated rings. The average molecular weight is 229 g/mol. The number of benzene rings is 1. The summed E-state index contributed by atoms with van der Waals surface area (Å²) in [7, 11) is 1.95. The molecule has 0 bridgehead atoms. The molecular weight excluding hydrogens is 214 g/mol. The number of hydrogen-bond donors (Lipinski definition) is 1. The van der Waals surface area contributed by atoms with Gasteiger partial charge in [-0.05, 0) is 5.56 Å². The minimum atomic E-state index is -0.0251. The van der Waals surface area contributed by atoms with Crippen LogP contribution in [0, 0.1) is 0 Å². The largest absolute Gasteiger partial charge is 0.392 e. The van der Waals surface area contributed by atoms with Gasteiger partial charge in [0.1, 0.15) is 0 Å². The van der Waals surface area contributed by atoms with Gasteiger partial charge in [0.25, 0.3) is 0 Å². The van der Waals surface area contributed by atoms with Crippen LogP contribution in [0.15, 0.2) is 42.7 Å². The summed E-state index contributed by atoms with van der Waals surface area (Å²) < 4.78 is 0. The molecule has 0 spiro atoms. The van der Waals surface area contributed by atoms with E-state index in [9.17, 15) is 0 Å². The summed E-state index contributed by atoms with van der Waals surface area (Å²) in [5.74, 6) is 0.658. The average Bonchev–Trinajstić information content (AvgIpc) is 2.40. The number of aliphatic hydroxyl groups is 1. The molecule has 0 aliphatic carbocycles. The molecule has 1 aromatic carbocycles. The van der Waals surface area contributed by atoms with Gasteiger partial charge in [-0.15, -0.1) is 0 Å². The van der Waals surface area contributed by atoms with Crippen molar-refractivity contribution < 1.29 is 5.11 Å². The fraction of sp³-hybridized carbons (Fsp3) is 0.231. The maximum atomic E-state index is 8.91. The first-order valence-corrected chi connectivity index (χ1v) is 5.46. The third-order valence-corrected chi connectivity index (χ3v) is 2.48. The lowest BCUT2D eigenvalue weighted by atomic mass is 10.2. The third-order valence-electron chi connectivity index (χ3n) is 2.48. The highest BCUT2D eigenvalue weighted by Crippen LogP contribution is 2.09. The summed E-state index contributed by atoms with van der Waals surface area (Å²) in [6.45, 7) is 0.738. The molecule has 0 saturated carbocycles. The molecule has 0 aliphatic heterocycles. The Balaban J connectivity index is 2.06. The maximum absolute atomic E-state index is 8.91. The van der Waals surface area contributed by atoms with Gasteiger partial charge in [0.15, 0.2) is 0 Å². The number of anilines is 1. The Morgan fingerprint density at radius 1 is 1.06 bits per heavy atom. The van der Waals surface area contributed by atoms with E-state index in [1.807, 2.05) is 30.1 Å². The first-order chi connectivity index (χ1) is 8.29. The van der Waals surface area contributed by atoms with Crippen LogP contribution in [0.3, 0.4) is 0 Å². The van der Waals surface area contributed by atoms with Gasteiger partial charge in [-0.3, -0.25) is 0 Å². The van der Waals surface area contributed by atoms with Crippen molar-refractivity contribution in [2.75, 3.05) is 11.9 Å². The monoisotopic (exact) mass is 229 g/mol. The summed E-state index contributed by atoms with van der Waals surface area (Å²) in [6.07, 6.45) is 3.29. The molecule has 2 aromatic rings. The van der Waals surface area contributed by atoms with E-state index >= 15 is 0 Å². The van der Waals surface area contributed by atoms with Gasteiger partial charge in [-0.1, -0.05) is 30.3 Å². The van der Waals surface area contributed by atoms with Crippen molar-refractivity contribution in [3.8, 4) is 0 Å². The van der Waals surface area contributed by atoms with Gasteiger partial charge >= 0.3 is 0 Å². The van der Waals surface area contributed by atoms with E-state index in [-0.39, 0.29) is 6.61 Å². The molecule has 0 aliphatic rings. The summed E-state index contributed by atoms with van der Waals surface area (Å²) in [5.41, 5.74) is 1.94. The van der Waals surface area contributed by atoms with E-state index in [1.165, 1.54) is 5.56 Å². The lowest BCUT2D eigenvalue weighted by Gasteiger charge is -2.16. The molecule has 0 amide bonds.